The fraction of sp³-hybridized carbons (Fsp3) is 0.214. The molecular weight excluding hydrogens is 216 g/mol. The van der Waals surface area contributed by atoms with E-state index < -0.39 is 0 Å². The minimum absolute atomic E-state index is 0.178. The summed E-state index contributed by atoms with van der Waals surface area (Å²) in [4.78, 5) is 11.6. The Bertz CT molecular complexity index is 558. The van der Waals surface area contributed by atoms with Gasteiger partial charge in [-0.15, -0.1) is 0 Å². The van der Waals surface area contributed by atoms with Crippen molar-refractivity contribution >= 4 is 16.7 Å². The number of phenolic OH excluding ortho intramolecular Hbond substituents is 1. The molecule has 17 heavy (non-hydrogen) atoms. The van der Waals surface area contributed by atoms with Crippen LogP contribution in [0.15, 0.2) is 36.4 Å². The Labute approximate surface area is 99.6 Å². The minimum Gasteiger partial charge on any atom is -0.507 e. The summed E-state index contributed by atoms with van der Waals surface area (Å²) >= 11 is 0. The van der Waals surface area contributed by atoms with Gasteiger partial charge in [0.25, 0.3) is 0 Å². The molecule has 0 fully saturated rings. The number of hydrogen-bond acceptors (Lipinski definition) is 3. The highest BCUT2D eigenvalue weighted by Gasteiger charge is 2.12. The molecule has 0 atom stereocenters. The number of esters is 1. The number of hydrogen-bond donors (Lipinski definition) is 1. The Kier molecular flexibility index (Phi) is 3.00. The van der Waals surface area contributed by atoms with Crippen LogP contribution in [0.4, 0.5) is 0 Å². The van der Waals surface area contributed by atoms with Crippen LogP contribution in [0, 0.1) is 5.92 Å². The summed E-state index contributed by atoms with van der Waals surface area (Å²) in [5, 5.41) is 11.1. The van der Waals surface area contributed by atoms with E-state index in [1.165, 1.54) is 6.07 Å². The molecule has 0 amide bonds. The number of ether oxygens (including phenoxy) is 1. The van der Waals surface area contributed by atoms with Crippen molar-refractivity contribution in [3.63, 3.8) is 0 Å². The molecule has 3 heteroatoms. The quantitative estimate of drug-likeness (QED) is 0.637. The highest BCUT2D eigenvalue weighted by atomic mass is 16.5. The van der Waals surface area contributed by atoms with Crippen molar-refractivity contribution in [1.82, 2.24) is 0 Å². The Balaban J connectivity index is 2.48. The van der Waals surface area contributed by atoms with Crippen LogP contribution in [0.1, 0.15) is 13.8 Å². The first-order chi connectivity index (χ1) is 8.09. The van der Waals surface area contributed by atoms with Crippen molar-refractivity contribution in [2.24, 2.45) is 5.92 Å². The molecule has 0 aliphatic heterocycles. The molecule has 0 saturated carbocycles. The largest absolute Gasteiger partial charge is 0.507 e. The SMILES string of the molecule is CC(C)C(=O)Oc1ccc(O)c2ccccc12. The number of carbonyl (C=O) groups is 1. The van der Waals surface area contributed by atoms with Gasteiger partial charge in [0.1, 0.15) is 11.5 Å². The van der Waals surface area contributed by atoms with Crippen LogP contribution in [0.25, 0.3) is 10.8 Å². The van der Waals surface area contributed by atoms with Crippen LogP contribution in [-0.2, 0) is 4.79 Å². The topological polar surface area (TPSA) is 46.5 Å². The lowest BCUT2D eigenvalue weighted by atomic mass is 10.1. The van der Waals surface area contributed by atoms with Crippen molar-refractivity contribution in [3.05, 3.63) is 36.4 Å². The summed E-state index contributed by atoms with van der Waals surface area (Å²) < 4.78 is 5.29. The predicted molar refractivity (Wildman–Crippen MR) is 66.1 cm³/mol. The Morgan fingerprint density at radius 2 is 1.76 bits per heavy atom. The molecule has 0 aliphatic rings. The highest BCUT2D eigenvalue weighted by molar-refractivity contribution is 5.94. The molecule has 3 nitrogen and oxygen atoms in total. The summed E-state index contributed by atoms with van der Waals surface area (Å²) in [5.74, 6) is 0.213. The molecule has 1 N–H and O–H groups in total. The molecule has 2 aromatic rings. The molecule has 0 heterocycles. The highest BCUT2D eigenvalue weighted by Crippen LogP contribution is 2.32. The third kappa shape index (κ3) is 2.23. The number of carbonyl (C=O) groups excluding carboxylic acids is 1. The molecule has 0 bridgehead atoms. The van der Waals surface area contributed by atoms with E-state index in [2.05, 4.69) is 0 Å². The van der Waals surface area contributed by atoms with Crippen molar-refractivity contribution in [2.45, 2.75) is 13.8 Å². The Hall–Kier alpha value is -2.03. The molecule has 0 spiro atoms. The van der Waals surface area contributed by atoms with Gasteiger partial charge in [-0.2, -0.15) is 0 Å². The summed E-state index contributed by atoms with van der Waals surface area (Å²) in [5.41, 5.74) is 0. The number of phenols is 1. The van der Waals surface area contributed by atoms with E-state index in [0.717, 1.165) is 5.39 Å². The summed E-state index contributed by atoms with van der Waals surface area (Å²) in [6, 6.07) is 10.4. The van der Waals surface area contributed by atoms with Crippen LogP contribution in [0.5, 0.6) is 11.5 Å². The molecule has 0 aliphatic carbocycles. The van der Waals surface area contributed by atoms with Gasteiger partial charge in [-0.3, -0.25) is 4.79 Å². The first-order valence-corrected chi connectivity index (χ1v) is 5.52. The van der Waals surface area contributed by atoms with E-state index in [1.807, 2.05) is 18.2 Å². The van der Waals surface area contributed by atoms with Crippen LogP contribution >= 0.6 is 0 Å². The van der Waals surface area contributed by atoms with Gasteiger partial charge in [-0.1, -0.05) is 38.1 Å². The van der Waals surface area contributed by atoms with Gasteiger partial charge >= 0.3 is 5.97 Å². The third-order valence-corrected chi connectivity index (χ3v) is 2.54. The van der Waals surface area contributed by atoms with Gasteiger partial charge in [-0.25, -0.2) is 0 Å². The van der Waals surface area contributed by atoms with Crippen molar-refractivity contribution in [1.29, 1.82) is 0 Å². The maximum atomic E-state index is 11.6. The van der Waals surface area contributed by atoms with E-state index in [-0.39, 0.29) is 17.6 Å². The third-order valence-electron chi connectivity index (χ3n) is 2.54. The molecule has 0 saturated heterocycles. The minimum atomic E-state index is -0.277. The van der Waals surface area contributed by atoms with Gasteiger partial charge in [0, 0.05) is 10.8 Å². The maximum Gasteiger partial charge on any atom is 0.313 e. The summed E-state index contributed by atoms with van der Waals surface area (Å²) in [6.45, 7) is 3.57. The summed E-state index contributed by atoms with van der Waals surface area (Å²) in [6.07, 6.45) is 0. The van der Waals surface area contributed by atoms with E-state index >= 15 is 0 Å². The van der Waals surface area contributed by atoms with Gasteiger partial charge in [0.15, 0.2) is 0 Å². The average Bonchev–Trinajstić information content (AvgIpc) is 2.33. The summed E-state index contributed by atoms with van der Waals surface area (Å²) in [7, 11) is 0. The van der Waals surface area contributed by atoms with Gasteiger partial charge in [0.2, 0.25) is 0 Å². The van der Waals surface area contributed by atoms with E-state index in [9.17, 15) is 9.90 Å². The van der Waals surface area contributed by atoms with Crippen molar-refractivity contribution < 1.29 is 14.6 Å². The maximum absolute atomic E-state index is 11.6. The van der Waals surface area contributed by atoms with E-state index in [0.29, 0.717) is 11.1 Å². The zero-order valence-electron chi connectivity index (χ0n) is 9.81. The lowest BCUT2D eigenvalue weighted by molar-refractivity contribution is -0.137. The molecule has 2 aromatic carbocycles. The normalized spacial score (nSPS) is 10.8. The fourth-order valence-electron chi connectivity index (χ4n) is 1.57. The second-order valence-corrected chi connectivity index (χ2v) is 4.20. The predicted octanol–water partition coefficient (Wildman–Crippen LogP) is 3.11. The zero-order valence-corrected chi connectivity index (χ0v) is 9.81. The Morgan fingerprint density at radius 3 is 2.41 bits per heavy atom. The number of fused-ring (bicyclic) bond motifs is 1. The Morgan fingerprint density at radius 1 is 1.12 bits per heavy atom. The van der Waals surface area contributed by atoms with E-state index in [1.54, 1.807) is 26.0 Å². The molecule has 0 aromatic heterocycles. The number of rotatable bonds is 2. The van der Waals surface area contributed by atoms with E-state index in [4.69, 9.17) is 4.74 Å². The molecule has 2 rings (SSSR count). The van der Waals surface area contributed by atoms with Crippen LogP contribution < -0.4 is 4.74 Å². The van der Waals surface area contributed by atoms with Crippen LogP contribution in [-0.4, -0.2) is 11.1 Å². The lowest BCUT2D eigenvalue weighted by Gasteiger charge is -2.10. The second kappa shape index (κ2) is 4.45. The average molecular weight is 230 g/mol. The first kappa shape index (κ1) is 11.5. The monoisotopic (exact) mass is 230 g/mol. The van der Waals surface area contributed by atoms with Crippen molar-refractivity contribution in [3.8, 4) is 11.5 Å². The number of aromatic hydroxyl groups is 1. The molecule has 0 radical (unpaired) electrons. The lowest BCUT2D eigenvalue weighted by Crippen LogP contribution is -2.14. The first-order valence-electron chi connectivity index (χ1n) is 5.52. The smallest absolute Gasteiger partial charge is 0.313 e. The second-order valence-electron chi connectivity index (χ2n) is 4.20. The molecular formula is C14H14O3. The van der Waals surface area contributed by atoms with Gasteiger partial charge in [-0.05, 0) is 12.1 Å². The zero-order chi connectivity index (χ0) is 12.4. The fourth-order valence-corrected chi connectivity index (χ4v) is 1.57. The standard InChI is InChI=1S/C14H14O3/c1-9(2)14(16)17-13-8-7-12(15)10-5-3-4-6-11(10)13/h3-9,15H,1-2H3. The van der Waals surface area contributed by atoms with Crippen LogP contribution in [0.2, 0.25) is 0 Å². The van der Waals surface area contributed by atoms with Gasteiger partial charge in [0.05, 0.1) is 5.92 Å². The van der Waals surface area contributed by atoms with Crippen molar-refractivity contribution in [2.75, 3.05) is 0 Å². The molecule has 88 valence electrons. The molecule has 0 unspecified atom stereocenters. The number of benzene rings is 2. The van der Waals surface area contributed by atoms with Crippen LogP contribution in [0.3, 0.4) is 0 Å². The van der Waals surface area contributed by atoms with Gasteiger partial charge < -0.3 is 9.84 Å².